The first-order chi connectivity index (χ1) is 6.14. The van der Waals surface area contributed by atoms with Gasteiger partial charge in [0.25, 0.3) is 0 Å². The van der Waals surface area contributed by atoms with Gasteiger partial charge in [-0.3, -0.25) is 0 Å². The summed E-state index contributed by atoms with van der Waals surface area (Å²) in [5.74, 6) is 0.552. The molecule has 13 heavy (non-hydrogen) atoms. The second kappa shape index (κ2) is 4.18. The molecule has 0 fully saturated rings. The average molecular weight is 181 g/mol. The van der Waals surface area contributed by atoms with Gasteiger partial charge in [-0.2, -0.15) is 0 Å². The number of aliphatic hydroxyl groups is 1. The van der Waals surface area contributed by atoms with Crippen LogP contribution in [-0.4, -0.2) is 27.2 Å². The zero-order chi connectivity index (χ0) is 9.73. The number of aromatic nitrogens is 2. The Balaban J connectivity index is 2.44. The fourth-order valence-electron chi connectivity index (χ4n) is 0.785. The summed E-state index contributed by atoms with van der Waals surface area (Å²) in [6.45, 7) is 4.18. The van der Waals surface area contributed by atoms with Gasteiger partial charge in [-0.05, 0) is 19.4 Å². The van der Waals surface area contributed by atoms with Crippen molar-refractivity contribution in [3.63, 3.8) is 0 Å². The Morgan fingerprint density at radius 3 is 2.62 bits per heavy atom. The van der Waals surface area contributed by atoms with Crippen molar-refractivity contribution in [2.45, 2.75) is 25.9 Å². The average Bonchev–Trinajstić information content (AvgIpc) is 2.17. The molecule has 1 aromatic heterocycles. The Bertz CT molecular complexity index is 248. The van der Waals surface area contributed by atoms with Gasteiger partial charge < -0.3 is 10.4 Å². The minimum atomic E-state index is -0.695. The Kier molecular flexibility index (Phi) is 3.19. The van der Waals surface area contributed by atoms with Gasteiger partial charge in [0.1, 0.15) is 0 Å². The van der Waals surface area contributed by atoms with E-state index < -0.39 is 5.60 Å². The monoisotopic (exact) mass is 181 g/mol. The SMILES string of the molecule is CCC(C)(O)CNc1ncccn1. The minimum absolute atomic E-state index is 0.466. The van der Waals surface area contributed by atoms with Gasteiger partial charge in [0, 0.05) is 18.9 Å². The lowest BCUT2D eigenvalue weighted by Gasteiger charge is -2.21. The molecule has 0 aliphatic heterocycles. The van der Waals surface area contributed by atoms with Gasteiger partial charge in [-0.1, -0.05) is 6.92 Å². The van der Waals surface area contributed by atoms with Crippen molar-refractivity contribution in [3.8, 4) is 0 Å². The zero-order valence-corrected chi connectivity index (χ0v) is 7.99. The summed E-state index contributed by atoms with van der Waals surface area (Å²) in [5.41, 5.74) is -0.695. The molecule has 1 unspecified atom stereocenters. The van der Waals surface area contributed by atoms with E-state index in [9.17, 15) is 5.11 Å². The van der Waals surface area contributed by atoms with Crippen LogP contribution in [0.2, 0.25) is 0 Å². The lowest BCUT2D eigenvalue weighted by molar-refractivity contribution is 0.0695. The number of nitrogens with zero attached hydrogens (tertiary/aromatic N) is 2. The molecule has 0 saturated carbocycles. The summed E-state index contributed by atoms with van der Waals surface area (Å²) >= 11 is 0. The molecule has 0 aliphatic rings. The molecular formula is C9H15N3O. The highest BCUT2D eigenvalue weighted by molar-refractivity contribution is 5.22. The zero-order valence-electron chi connectivity index (χ0n) is 7.99. The molecule has 0 bridgehead atoms. The Morgan fingerprint density at radius 1 is 1.46 bits per heavy atom. The van der Waals surface area contributed by atoms with Crippen molar-refractivity contribution in [2.24, 2.45) is 0 Å². The van der Waals surface area contributed by atoms with Crippen LogP contribution in [-0.2, 0) is 0 Å². The molecule has 0 spiro atoms. The van der Waals surface area contributed by atoms with Crippen LogP contribution < -0.4 is 5.32 Å². The molecule has 1 aromatic rings. The Labute approximate surface area is 78.0 Å². The van der Waals surface area contributed by atoms with Crippen molar-refractivity contribution < 1.29 is 5.11 Å². The molecule has 0 radical (unpaired) electrons. The summed E-state index contributed by atoms with van der Waals surface area (Å²) in [4.78, 5) is 7.97. The minimum Gasteiger partial charge on any atom is -0.388 e. The van der Waals surface area contributed by atoms with Crippen molar-refractivity contribution >= 4 is 5.95 Å². The maximum Gasteiger partial charge on any atom is 0.222 e. The fourth-order valence-corrected chi connectivity index (χ4v) is 0.785. The van der Waals surface area contributed by atoms with Crippen molar-refractivity contribution in [3.05, 3.63) is 18.5 Å². The van der Waals surface area contributed by atoms with Crippen LogP contribution in [0.15, 0.2) is 18.5 Å². The van der Waals surface area contributed by atoms with E-state index in [1.807, 2.05) is 6.92 Å². The maximum atomic E-state index is 9.67. The fraction of sp³-hybridized carbons (Fsp3) is 0.556. The van der Waals surface area contributed by atoms with Crippen LogP contribution in [0, 0.1) is 0 Å². The molecule has 0 amide bonds. The normalized spacial score (nSPS) is 15.0. The quantitative estimate of drug-likeness (QED) is 0.729. The molecule has 1 heterocycles. The molecule has 4 heteroatoms. The van der Waals surface area contributed by atoms with Crippen molar-refractivity contribution in [1.82, 2.24) is 9.97 Å². The topological polar surface area (TPSA) is 58.0 Å². The highest BCUT2D eigenvalue weighted by atomic mass is 16.3. The van der Waals surface area contributed by atoms with Gasteiger partial charge in [-0.25, -0.2) is 9.97 Å². The third-order valence-electron chi connectivity index (χ3n) is 1.95. The summed E-state index contributed by atoms with van der Waals surface area (Å²) in [7, 11) is 0. The summed E-state index contributed by atoms with van der Waals surface area (Å²) in [6.07, 6.45) is 4.03. The standard InChI is InChI=1S/C9H15N3O/c1-3-9(2,13)7-12-8-10-5-4-6-11-8/h4-6,13H,3,7H2,1-2H3,(H,10,11,12). The van der Waals surface area contributed by atoms with Crippen molar-refractivity contribution in [1.29, 1.82) is 0 Å². The van der Waals surface area contributed by atoms with E-state index >= 15 is 0 Å². The maximum absolute atomic E-state index is 9.67. The highest BCUT2D eigenvalue weighted by Gasteiger charge is 2.16. The van der Waals surface area contributed by atoms with E-state index in [4.69, 9.17) is 0 Å². The summed E-state index contributed by atoms with van der Waals surface area (Å²) < 4.78 is 0. The summed E-state index contributed by atoms with van der Waals surface area (Å²) in [6, 6.07) is 1.75. The second-order valence-electron chi connectivity index (χ2n) is 3.28. The molecular weight excluding hydrogens is 166 g/mol. The smallest absolute Gasteiger partial charge is 0.222 e. The predicted octanol–water partition coefficient (Wildman–Crippen LogP) is 1.05. The van der Waals surface area contributed by atoms with E-state index in [-0.39, 0.29) is 0 Å². The second-order valence-corrected chi connectivity index (χ2v) is 3.28. The number of hydrogen-bond donors (Lipinski definition) is 2. The molecule has 0 aromatic carbocycles. The molecule has 72 valence electrons. The first-order valence-corrected chi connectivity index (χ1v) is 4.37. The van der Waals surface area contributed by atoms with E-state index in [1.54, 1.807) is 25.4 Å². The molecule has 4 nitrogen and oxygen atoms in total. The van der Waals surface area contributed by atoms with E-state index in [1.165, 1.54) is 0 Å². The number of rotatable bonds is 4. The van der Waals surface area contributed by atoms with Crippen LogP contribution in [0.1, 0.15) is 20.3 Å². The number of nitrogens with one attached hydrogen (secondary N) is 1. The van der Waals surface area contributed by atoms with Gasteiger partial charge in [0.15, 0.2) is 0 Å². The lowest BCUT2D eigenvalue weighted by Crippen LogP contribution is -2.32. The van der Waals surface area contributed by atoms with Crippen LogP contribution in [0.4, 0.5) is 5.95 Å². The lowest BCUT2D eigenvalue weighted by atomic mass is 10.0. The van der Waals surface area contributed by atoms with E-state index in [0.717, 1.165) is 0 Å². The molecule has 2 N–H and O–H groups in total. The molecule has 0 saturated heterocycles. The summed E-state index contributed by atoms with van der Waals surface area (Å²) in [5, 5.41) is 12.6. The van der Waals surface area contributed by atoms with Gasteiger partial charge in [0.2, 0.25) is 5.95 Å². The third kappa shape index (κ3) is 3.38. The largest absolute Gasteiger partial charge is 0.388 e. The van der Waals surface area contributed by atoms with Gasteiger partial charge >= 0.3 is 0 Å². The highest BCUT2D eigenvalue weighted by Crippen LogP contribution is 2.08. The van der Waals surface area contributed by atoms with Crippen molar-refractivity contribution in [2.75, 3.05) is 11.9 Å². The van der Waals surface area contributed by atoms with Crippen LogP contribution in [0.25, 0.3) is 0 Å². The third-order valence-corrected chi connectivity index (χ3v) is 1.95. The van der Waals surface area contributed by atoms with Gasteiger partial charge in [-0.15, -0.1) is 0 Å². The molecule has 1 rings (SSSR count). The van der Waals surface area contributed by atoms with E-state index in [0.29, 0.717) is 18.9 Å². The van der Waals surface area contributed by atoms with Gasteiger partial charge in [0.05, 0.1) is 5.60 Å². The number of hydrogen-bond acceptors (Lipinski definition) is 4. The van der Waals surface area contributed by atoms with E-state index in [2.05, 4.69) is 15.3 Å². The molecule has 1 atom stereocenters. The first-order valence-electron chi connectivity index (χ1n) is 4.37. The molecule has 0 aliphatic carbocycles. The Hall–Kier alpha value is -1.16. The Morgan fingerprint density at radius 2 is 2.08 bits per heavy atom. The van der Waals surface area contributed by atoms with Crippen LogP contribution in [0.3, 0.4) is 0 Å². The van der Waals surface area contributed by atoms with Crippen LogP contribution in [0.5, 0.6) is 0 Å². The first kappa shape index (κ1) is 9.92. The predicted molar refractivity (Wildman–Crippen MR) is 51.4 cm³/mol. The van der Waals surface area contributed by atoms with Crippen LogP contribution >= 0.6 is 0 Å². The number of anilines is 1.